The number of aromatic amines is 1. The Hall–Kier alpha value is -5.42. The summed E-state index contributed by atoms with van der Waals surface area (Å²) >= 11 is 8.89. The van der Waals surface area contributed by atoms with E-state index in [4.69, 9.17) is 11.6 Å². The number of thiazole rings is 1. The van der Waals surface area contributed by atoms with Gasteiger partial charge in [-0.25, -0.2) is 4.98 Å². The van der Waals surface area contributed by atoms with Gasteiger partial charge in [0.25, 0.3) is 0 Å². The molecule has 8 nitrogen and oxygen atoms in total. The number of rotatable bonds is 12. The predicted octanol–water partition coefficient (Wildman–Crippen LogP) is 8.97. The molecule has 3 amide bonds. The van der Waals surface area contributed by atoms with E-state index in [1.54, 1.807) is 18.2 Å². The van der Waals surface area contributed by atoms with E-state index in [0.717, 1.165) is 47.7 Å². The number of hydrogen-bond donors (Lipinski definition) is 4. The van der Waals surface area contributed by atoms with E-state index in [9.17, 15) is 14.4 Å². The molecule has 0 radical (unpaired) electrons. The van der Waals surface area contributed by atoms with Gasteiger partial charge in [-0.2, -0.15) is 0 Å². The summed E-state index contributed by atoms with van der Waals surface area (Å²) in [5, 5.41) is 10.6. The van der Waals surface area contributed by atoms with Crippen LogP contribution in [0, 0.1) is 6.92 Å². The zero-order chi connectivity index (χ0) is 36.0. The first-order valence-electron chi connectivity index (χ1n) is 16.7. The summed E-state index contributed by atoms with van der Waals surface area (Å²) in [5.74, 6) is -1.21. The number of para-hydroxylation sites is 1. The number of carbonyl (C=O) groups excluding carboxylic acids is 3. The van der Waals surface area contributed by atoms with Crippen LogP contribution in [0.3, 0.4) is 0 Å². The normalized spacial score (nSPS) is 11.8. The molecular formula is C41H34ClN5O3S2. The molecule has 0 saturated carbocycles. The van der Waals surface area contributed by atoms with Crippen molar-refractivity contribution in [2.45, 2.75) is 29.6 Å². The van der Waals surface area contributed by atoms with Gasteiger partial charge in [-0.05, 0) is 65.6 Å². The van der Waals surface area contributed by atoms with E-state index in [-0.39, 0.29) is 29.9 Å². The number of nitrogens with zero attached hydrogens (tertiary/aromatic N) is 1. The molecule has 0 aliphatic heterocycles. The number of hydrogen-bond acceptors (Lipinski definition) is 6. The van der Waals surface area contributed by atoms with Crippen molar-refractivity contribution in [2.75, 3.05) is 16.4 Å². The monoisotopic (exact) mass is 743 g/mol. The van der Waals surface area contributed by atoms with Crippen LogP contribution in [0.5, 0.6) is 0 Å². The van der Waals surface area contributed by atoms with Crippen LogP contribution in [0.4, 0.5) is 11.4 Å². The Morgan fingerprint density at radius 2 is 1.54 bits per heavy atom. The van der Waals surface area contributed by atoms with Gasteiger partial charge in [0.2, 0.25) is 17.7 Å². The van der Waals surface area contributed by atoms with E-state index < -0.39 is 12.0 Å². The molecule has 0 aliphatic carbocycles. The van der Waals surface area contributed by atoms with Crippen molar-refractivity contribution in [2.24, 2.45) is 0 Å². The summed E-state index contributed by atoms with van der Waals surface area (Å²) in [6.45, 7) is 1.91. The Morgan fingerprint density at radius 1 is 0.827 bits per heavy atom. The number of amides is 3. The maximum Gasteiger partial charge on any atom is 0.247 e. The molecule has 0 unspecified atom stereocenters. The Labute approximate surface area is 314 Å². The summed E-state index contributed by atoms with van der Waals surface area (Å²) in [7, 11) is 0. The topological polar surface area (TPSA) is 116 Å². The largest absolute Gasteiger partial charge is 0.361 e. The first-order valence-corrected chi connectivity index (χ1v) is 18.8. The van der Waals surface area contributed by atoms with Gasteiger partial charge in [0, 0.05) is 39.9 Å². The van der Waals surface area contributed by atoms with Crippen molar-refractivity contribution in [3.8, 4) is 0 Å². The lowest BCUT2D eigenvalue weighted by molar-refractivity contribution is -0.126. The number of benzene rings is 5. The van der Waals surface area contributed by atoms with Gasteiger partial charge in [-0.1, -0.05) is 108 Å². The molecule has 0 aliphatic rings. The molecule has 7 rings (SSSR count). The number of H-pyrrole nitrogens is 1. The molecule has 5 aromatic carbocycles. The second kappa shape index (κ2) is 15.9. The van der Waals surface area contributed by atoms with Gasteiger partial charge in [-0.15, -0.1) is 11.3 Å². The average molecular weight is 744 g/mol. The summed E-state index contributed by atoms with van der Waals surface area (Å²) in [4.78, 5) is 49.0. The van der Waals surface area contributed by atoms with Crippen molar-refractivity contribution in [1.29, 1.82) is 0 Å². The highest BCUT2D eigenvalue weighted by atomic mass is 35.5. The van der Waals surface area contributed by atoms with Crippen LogP contribution in [-0.4, -0.2) is 39.5 Å². The number of aromatic nitrogens is 2. The predicted molar refractivity (Wildman–Crippen MR) is 212 cm³/mol. The maximum absolute atomic E-state index is 14.2. The van der Waals surface area contributed by atoms with Crippen molar-refractivity contribution >= 4 is 84.9 Å². The average Bonchev–Trinajstić information content (AvgIpc) is 3.76. The molecule has 52 heavy (non-hydrogen) atoms. The first-order chi connectivity index (χ1) is 25.3. The molecule has 0 spiro atoms. The zero-order valence-electron chi connectivity index (χ0n) is 28.1. The molecule has 0 saturated heterocycles. The van der Waals surface area contributed by atoms with Gasteiger partial charge >= 0.3 is 0 Å². The van der Waals surface area contributed by atoms with Crippen molar-refractivity contribution in [3.63, 3.8) is 0 Å². The van der Waals surface area contributed by atoms with E-state index in [1.165, 1.54) is 23.1 Å². The molecule has 4 N–H and O–H groups in total. The fourth-order valence-electron chi connectivity index (χ4n) is 6.09. The summed E-state index contributed by atoms with van der Waals surface area (Å²) in [6.07, 6.45) is 2.17. The standard InChI is InChI=1S/C41H34ClN5O3S2/c1-25-16-17-29(42)21-34(25)45-37(48)24-51-41-47-33-19-18-30(22-36(33)52-41)44-39(49)35(20-28-23-43-32-15-9-8-14-31(28)32)46-40(50)38(26-10-4-2-5-11-26)27-12-6-3-7-13-27/h2-19,21-23,35,38,43H,20,24H2,1H3,(H,44,49)(H,45,48)(H,46,50)/t35-/m1/s1. The van der Waals surface area contributed by atoms with Crippen LogP contribution in [0.2, 0.25) is 5.02 Å². The van der Waals surface area contributed by atoms with Crippen LogP contribution in [-0.2, 0) is 20.8 Å². The molecule has 260 valence electrons. The number of anilines is 2. The summed E-state index contributed by atoms with van der Waals surface area (Å²) in [6, 6.07) is 37.1. The zero-order valence-corrected chi connectivity index (χ0v) is 30.4. The Bertz CT molecular complexity index is 2340. The molecule has 2 heterocycles. The first kappa shape index (κ1) is 35.0. The second-order valence-electron chi connectivity index (χ2n) is 12.3. The highest BCUT2D eigenvalue weighted by Crippen LogP contribution is 2.32. The van der Waals surface area contributed by atoms with Gasteiger partial charge in [0.05, 0.1) is 21.9 Å². The van der Waals surface area contributed by atoms with Crippen LogP contribution < -0.4 is 16.0 Å². The van der Waals surface area contributed by atoms with Crippen LogP contribution in [0.15, 0.2) is 132 Å². The number of halogens is 1. The van der Waals surface area contributed by atoms with E-state index in [2.05, 4.69) is 25.9 Å². The number of thioether (sulfide) groups is 1. The highest BCUT2D eigenvalue weighted by Gasteiger charge is 2.29. The molecular weight excluding hydrogens is 710 g/mol. The lowest BCUT2D eigenvalue weighted by Crippen LogP contribution is -2.47. The van der Waals surface area contributed by atoms with Gasteiger partial charge in [0.15, 0.2) is 4.34 Å². The third-order valence-corrected chi connectivity index (χ3v) is 11.1. The minimum Gasteiger partial charge on any atom is -0.361 e. The Balaban J connectivity index is 1.09. The third-order valence-electron chi connectivity index (χ3n) is 8.70. The smallest absolute Gasteiger partial charge is 0.247 e. The Kier molecular flexibility index (Phi) is 10.7. The molecule has 1 atom stereocenters. The molecule has 0 fully saturated rings. The van der Waals surface area contributed by atoms with Crippen molar-refractivity contribution in [1.82, 2.24) is 15.3 Å². The lowest BCUT2D eigenvalue weighted by Gasteiger charge is -2.23. The highest BCUT2D eigenvalue weighted by molar-refractivity contribution is 8.01. The molecule has 11 heteroatoms. The second-order valence-corrected chi connectivity index (χ2v) is 15.0. The lowest BCUT2D eigenvalue weighted by atomic mass is 9.90. The van der Waals surface area contributed by atoms with Crippen LogP contribution >= 0.6 is 34.7 Å². The maximum atomic E-state index is 14.2. The molecule has 2 aromatic heterocycles. The summed E-state index contributed by atoms with van der Waals surface area (Å²) in [5.41, 5.74) is 6.47. The van der Waals surface area contributed by atoms with Crippen molar-refractivity contribution in [3.05, 3.63) is 155 Å². The van der Waals surface area contributed by atoms with E-state index >= 15 is 0 Å². The van der Waals surface area contributed by atoms with E-state index in [0.29, 0.717) is 16.4 Å². The quantitative estimate of drug-likeness (QED) is 0.0933. The Morgan fingerprint density at radius 3 is 2.29 bits per heavy atom. The van der Waals surface area contributed by atoms with Crippen LogP contribution in [0.25, 0.3) is 21.1 Å². The minimum absolute atomic E-state index is 0.160. The fourth-order valence-corrected chi connectivity index (χ4v) is 8.17. The van der Waals surface area contributed by atoms with Crippen LogP contribution in [0.1, 0.15) is 28.2 Å². The number of aryl methyl sites for hydroxylation is 1. The van der Waals surface area contributed by atoms with Gasteiger partial charge in [0.1, 0.15) is 6.04 Å². The number of nitrogens with one attached hydrogen (secondary N) is 4. The summed E-state index contributed by atoms with van der Waals surface area (Å²) < 4.78 is 1.59. The molecule has 7 aromatic rings. The fraction of sp³-hybridized carbons (Fsp3) is 0.122. The van der Waals surface area contributed by atoms with E-state index in [1.807, 2.05) is 116 Å². The number of fused-ring (bicyclic) bond motifs is 2. The van der Waals surface area contributed by atoms with Gasteiger partial charge in [-0.3, -0.25) is 14.4 Å². The third kappa shape index (κ3) is 8.21. The number of carbonyl (C=O) groups is 3. The van der Waals surface area contributed by atoms with Crippen molar-refractivity contribution < 1.29 is 14.4 Å². The minimum atomic E-state index is -0.883. The van der Waals surface area contributed by atoms with Gasteiger partial charge < -0.3 is 20.9 Å². The SMILES string of the molecule is Cc1ccc(Cl)cc1NC(=O)CSc1nc2ccc(NC(=O)[C@@H](Cc3c[nH]c4ccccc34)NC(=O)C(c3ccccc3)c3ccccc3)cc2s1. The molecule has 0 bridgehead atoms.